The molecule has 1 unspecified atom stereocenters. The zero-order chi connectivity index (χ0) is 21.2. The number of thioether (sulfide) groups is 1. The molecule has 2 rings (SSSR count). The molecule has 2 aromatic carbocycles. The van der Waals surface area contributed by atoms with Crippen LogP contribution in [-0.2, 0) is 9.53 Å². The number of nitrogens with one attached hydrogen (secondary N) is 1. The number of hydrogen-bond donors (Lipinski definition) is 1. The number of rotatable bonds is 10. The van der Waals surface area contributed by atoms with Crippen LogP contribution in [0.1, 0.15) is 49.9 Å². The van der Waals surface area contributed by atoms with E-state index in [1.165, 1.54) is 17.8 Å². The monoisotopic (exact) mass is 481 g/mol. The minimum Gasteiger partial charge on any atom is -0.465 e. The Labute approximate surface area is 183 Å². The highest BCUT2D eigenvalue weighted by molar-refractivity contribution is 9.10. The van der Waals surface area contributed by atoms with Crippen molar-refractivity contribution in [3.8, 4) is 0 Å². The standard InChI is InChI=1S/C22H25BrFNO3S/c1-3-5-12-28-22(27)19(9-4-2)29-20-14-18(17(24)13-16(20)23)25-21(26)15-10-7-6-8-11-15/h6-8,10-11,13-14,19H,3-5,9,12H2,1-2H3,(H,25,26). The Morgan fingerprint density at radius 1 is 1.17 bits per heavy atom. The van der Waals surface area contributed by atoms with Crippen LogP contribution in [0.4, 0.5) is 10.1 Å². The summed E-state index contributed by atoms with van der Waals surface area (Å²) in [6, 6.07) is 11.5. The van der Waals surface area contributed by atoms with Gasteiger partial charge in [-0.15, -0.1) is 11.8 Å². The van der Waals surface area contributed by atoms with Gasteiger partial charge < -0.3 is 10.1 Å². The van der Waals surface area contributed by atoms with E-state index in [0.717, 1.165) is 19.3 Å². The van der Waals surface area contributed by atoms with E-state index in [1.807, 2.05) is 13.8 Å². The second kappa shape index (κ2) is 12.0. The SMILES string of the molecule is CCCCOC(=O)C(CCC)Sc1cc(NC(=O)c2ccccc2)c(F)cc1Br. The maximum atomic E-state index is 14.4. The predicted octanol–water partition coefficient (Wildman–Crippen LogP) is 6.44. The number of ether oxygens (including phenoxy) is 1. The number of hydrogen-bond acceptors (Lipinski definition) is 4. The smallest absolute Gasteiger partial charge is 0.319 e. The molecule has 0 heterocycles. The molecule has 0 radical (unpaired) electrons. The van der Waals surface area contributed by atoms with Crippen molar-refractivity contribution >= 4 is 45.3 Å². The van der Waals surface area contributed by atoms with Gasteiger partial charge in [-0.05, 0) is 53.0 Å². The lowest BCUT2D eigenvalue weighted by Gasteiger charge is -2.17. The summed E-state index contributed by atoms with van der Waals surface area (Å²) in [4.78, 5) is 25.5. The number of unbranched alkanes of at least 4 members (excludes halogenated alkanes) is 1. The molecule has 0 aromatic heterocycles. The summed E-state index contributed by atoms with van der Waals surface area (Å²) in [5.41, 5.74) is 0.506. The second-order valence-electron chi connectivity index (χ2n) is 6.50. The molecule has 29 heavy (non-hydrogen) atoms. The fraction of sp³-hybridized carbons (Fsp3) is 0.364. The fourth-order valence-corrected chi connectivity index (χ4v) is 4.33. The van der Waals surface area contributed by atoms with E-state index in [-0.39, 0.29) is 11.7 Å². The number of benzene rings is 2. The van der Waals surface area contributed by atoms with E-state index < -0.39 is 17.0 Å². The topological polar surface area (TPSA) is 55.4 Å². The number of anilines is 1. The van der Waals surface area contributed by atoms with Crippen LogP contribution in [-0.4, -0.2) is 23.7 Å². The van der Waals surface area contributed by atoms with Crippen LogP contribution >= 0.6 is 27.7 Å². The number of carbonyl (C=O) groups excluding carboxylic acids is 2. The molecule has 1 N–H and O–H groups in total. The molecule has 7 heteroatoms. The van der Waals surface area contributed by atoms with Crippen LogP contribution < -0.4 is 5.32 Å². The summed E-state index contributed by atoms with van der Waals surface area (Å²) < 4.78 is 20.3. The van der Waals surface area contributed by atoms with E-state index in [1.54, 1.807) is 36.4 Å². The second-order valence-corrected chi connectivity index (χ2v) is 8.60. The summed E-state index contributed by atoms with van der Waals surface area (Å²) in [6.07, 6.45) is 3.24. The Kier molecular flexibility index (Phi) is 9.67. The summed E-state index contributed by atoms with van der Waals surface area (Å²) in [5, 5.41) is 2.21. The average Bonchev–Trinajstić information content (AvgIpc) is 2.71. The molecule has 1 atom stereocenters. The molecule has 1 amide bonds. The van der Waals surface area contributed by atoms with E-state index in [0.29, 0.717) is 28.0 Å². The number of carbonyl (C=O) groups is 2. The molecule has 0 aliphatic carbocycles. The van der Waals surface area contributed by atoms with Crippen molar-refractivity contribution in [2.75, 3.05) is 11.9 Å². The molecule has 156 valence electrons. The third kappa shape index (κ3) is 7.16. The van der Waals surface area contributed by atoms with Crippen molar-refractivity contribution in [1.82, 2.24) is 0 Å². The van der Waals surface area contributed by atoms with Crippen molar-refractivity contribution in [2.24, 2.45) is 0 Å². The van der Waals surface area contributed by atoms with E-state index in [9.17, 15) is 14.0 Å². The maximum absolute atomic E-state index is 14.4. The lowest BCUT2D eigenvalue weighted by Crippen LogP contribution is -2.21. The molecular weight excluding hydrogens is 457 g/mol. The van der Waals surface area contributed by atoms with Crippen LogP contribution in [0.2, 0.25) is 0 Å². The number of amides is 1. The largest absolute Gasteiger partial charge is 0.465 e. The molecule has 0 bridgehead atoms. The van der Waals surface area contributed by atoms with Gasteiger partial charge >= 0.3 is 5.97 Å². The molecule has 0 aliphatic heterocycles. The van der Waals surface area contributed by atoms with Crippen LogP contribution in [0, 0.1) is 5.82 Å². The average molecular weight is 482 g/mol. The van der Waals surface area contributed by atoms with Crippen molar-refractivity contribution in [3.63, 3.8) is 0 Å². The van der Waals surface area contributed by atoms with E-state index in [4.69, 9.17) is 4.74 Å². The Bertz CT molecular complexity index is 832. The summed E-state index contributed by atoms with van der Waals surface area (Å²) in [6.45, 7) is 4.43. The minimum atomic E-state index is -0.553. The highest BCUT2D eigenvalue weighted by Crippen LogP contribution is 2.36. The van der Waals surface area contributed by atoms with Gasteiger partial charge in [0.1, 0.15) is 11.1 Å². The highest BCUT2D eigenvalue weighted by Gasteiger charge is 2.23. The zero-order valence-electron chi connectivity index (χ0n) is 16.5. The Morgan fingerprint density at radius 2 is 1.90 bits per heavy atom. The first-order chi connectivity index (χ1) is 14.0. The Hall–Kier alpha value is -1.86. The Balaban J connectivity index is 2.17. The predicted molar refractivity (Wildman–Crippen MR) is 119 cm³/mol. The summed E-state index contributed by atoms with van der Waals surface area (Å²) in [5.74, 6) is -1.22. The molecule has 2 aromatic rings. The highest BCUT2D eigenvalue weighted by atomic mass is 79.9. The van der Waals surface area contributed by atoms with Crippen molar-refractivity contribution in [1.29, 1.82) is 0 Å². The van der Waals surface area contributed by atoms with Crippen LogP contribution in [0.15, 0.2) is 51.8 Å². The normalized spacial score (nSPS) is 11.7. The fourth-order valence-electron chi connectivity index (χ4n) is 2.55. The molecule has 0 saturated carbocycles. The maximum Gasteiger partial charge on any atom is 0.319 e. The zero-order valence-corrected chi connectivity index (χ0v) is 18.9. The van der Waals surface area contributed by atoms with Crippen LogP contribution in [0.3, 0.4) is 0 Å². The third-order valence-corrected chi connectivity index (χ3v) is 6.35. The van der Waals surface area contributed by atoms with Gasteiger partial charge in [-0.1, -0.05) is 44.9 Å². The molecule has 0 aliphatic rings. The van der Waals surface area contributed by atoms with Crippen LogP contribution in [0.5, 0.6) is 0 Å². The number of halogens is 2. The lowest BCUT2D eigenvalue weighted by atomic mass is 10.2. The van der Waals surface area contributed by atoms with Crippen LogP contribution in [0.25, 0.3) is 0 Å². The van der Waals surface area contributed by atoms with Crippen molar-refractivity contribution in [2.45, 2.75) is 49.7 Å². The molecule has 0 fully saturated rings. The molecule has 0 spiro atoms. The minimum absolute atomic E-state index is 0.0687. The first-order valence-corrected chi connectivity index (χ1v) is 11.3. The van der Waals surface area contributed by atoms with Gasteiger partial charge in [0.25, 0.3) is 5.91 Å². The quantitative estimate of drug-likeness (QED) is 0.240. The first kappa shape index (κ1) is 23.4. The molecule has 4 nitrogen and oxygen atoms in total. The summed E-state index contributed by atoms with van der Waals surface area (Å²) >= 11 is 4.67. The molecular formula is C22H25BrFNO3S. The van der Waals surface area contributed by atoms with Crippen molar-refractivity contribution < 1.29 is 18.7 Å². The lowest BCUT2D eigenvalue weighted by molar-refractivity contribution is -0.143. The van der Waals surface area contributed by atoms with Gasteiger partial charge in [-0.2, -0.15) is 0 Å². The van der Waals surface area contributed by atoms with Gasteiger partial charge in [-0.25, -0.2) is 4.39 Å². The van der Waals surface area contributed by atoms with E-state index >= 15 is 0 Å². The number of esters is 1. The first-order valence-electron chi connectivity index (χ1n) is 9.65. The van der Waals surface area contributed by atoms with Crippen molar-refractivity contribution in [3.05, 3.63) is 58.3 Å². The third-order valence-electron chi connectivity index (χ3n) is 4.13. The van der Waals surface area contributed by atoms with Gasteiger partial charge in [-0.3, -0.25) is 9.59 Å². The van der Waals surface area contributed by atoms with Gasteiger partial charge in [0.15, 0.2) is 0 Å². The van der Waals surface area contributed by atoms with Gasteiger partial charge in [0.05, 0.1) is 12.3 Å². The Morgan fingerprint density at radius 3 is 2.55 bits per heavy atom. The van der Waals surface area contributed by atoms with Gasteiger partial charge in [0.2, 0.25) is 0 Å². The molecule has 0 saturated heterocycles. The summed E-state index contributed by atoms with van der Waals surface area (Å²) in [7, 11) is 0. The van der Waals surface area contributed by atoms with E-state index in [2.05, 4.69) is 21.2 Å². The van der Waals surface area contributed by atoms with Gasteiger partial charge in [0, 0.05) is 14.9 Å².